The average Bonchev–Trinajstić information content (AvgIpc) is 2.86. The second-order valence-electron chi connectivity index (χ2n) is 3.53. The summed E-state index contributed by atoms with van der Waals surface area (Å²) in [6, 6.07) is 9.53. The van der Waals surface area contributed by atoms with Crippen molar-refractivity contribution in [2.24, 2.45) is 4.99 Å². The standard InChI is InChI=1S/C12H14N2O2S/c1-2-16-14-11(15)10-8-17-12(13-10)9-6-4-3-5-7-9/h3-7,10H,2,8H2,1H3,(H,14,15). The molecule has 1 N–H and O–H groups in total. The van der Waals surface area contributed by atoms with Crippen LogP contribution in [0.3, 0.4) is 0 Å². The van der Waals surface area contributed by atoms with E-state index in [2.05, 4.69) is 10.5 Å². The zero-order valence-corrected chi connectivity index (χ0v) is 10.4. The van der Waals surface area contributed by atoms with Crippen LogP contribution in [0.1, 0.15) is 12.5 Å². The van der Waals surface area contributed by atoms with Gasteiger partial charge in [0.05, 0.1) is 11.7 Å². The van der Waals surface area contributed by atoms with Crippen LogP contribution in [0.2, 0.25) is 0 Å². The van der Waals surface area contributed by atoms with E-state index in [1.807, 2.05) is 37.3 Å². The van der Waals surface area contributed by atoms with Crippen molar-refractivity contribution in [2.45, 2.75) is 13.0 Å². The van der Waals surface area contributed by atoms with Crippen molar-refractivity contribution in [3.05, 3.63) is 35.9 Å². The molecule has 2 rings (SSSR count). The molecule has 0 aromatic heterocycles. The van der Waals surface area contributed by atoms with E-state index in [1.165, 1.54) is 0 Å². The summed E-state index contributed by atoms with van der Waals surface area (Å²) in [6.07, 6.45) is 0. The molecule has 90 valence electrons. The Labute approximate surface area is 104 Å². The van der Waals surface area contributed by atoms with Crippen LogP contribution >= 0.6 is 11.8 Å². The highest BCUT2D eigenvalue weighted by Gasteiger charge is 2.25. The Morgan fingerprint density at radius 1 is 1.53 bits per heavy atom. The fourth-order valence-electron chi connectivity index (χ4n) is 1.46. The number of rotatable bonds is 4. The Hall–Kier alpha value is -1.33. The normalized spacial score (nSPS) is 18.9. The third kappa shape index (κ3) is 3.08. The first-order valence-electron chi connectivity index (χ1n) is 5.49. The smallest absolute Gasteiger partial charge is 0.269 e. The molecule has 1 unspecified atom stereocenters. The van der Waals surface area contributed by atoms with Crippen molar-refractivity contribution in [1.82, 2.24) is 5.48 Å². The first-order chi connectivity index (χ1) is 8.31. The summed E-state index contributed by atoms with van der Waals surface area (Å²) in [5.41, 5.74) is 3.45. The van der Waals surface area contributed by atoms with Crippen LogP contribution in [0.5, 0.6) is 0 Å². The molecule has 1 amide bonds. The topological polar surface area (TPSA) is 50.7 Å². The number of nitrogens with one attached hydrogen (secondary N) is 1. The van der Waals surface area contributed by atoms with Crippen LogP contribution in [0.4, 0.5) is 0 Å². The van der Waals surface area contributed by atoms with Gasteiger partial charge in [-0.25, -0.2) is 5.48 Å². The number of nitrogens with zero attached hydrogens (tertiary/aromatic N) is 1. The largest absolute Gasteiger partial charge is 0.274 e. The van der Waals surface area contributed by atoms with E-state index in [9.17, 15) is 4.79 Å². The molecular weight excluding hydrogens is 236 g/mol. The minimum atomic E-state index is -0.346. The number of carbonyl (C=O) groups is 1. The average molecular weight is 250 g/mol. The van der Waals surface area contributed by atoms with Crippen LogP contribution in [0.15, 0.2) is 35.3 Å². The molecule has 0 aliphatic carbocycles. The second-order valence-corrected chi connectivity index (χ2v) is 4.54. The Kier molecular flexibility index (Phi) is 4.17. The fraction of sp³-hybridized carbons (Fsp3) is 0.333. The van der Waals surface area contributed by atoms with Crippen molar-refractivity contribution >= 4 is 22.7 Å². The van der Waals surface area contributed by atoms with Gasteiger partial charge in [0.1, 0.15) is 6.04 Å². The SMILES string of the molecule is CCONC(=O)C1CSC(c2ccccc2)=N1. The molecular formula is C12H14N2O2S. The van der Waals surface area contributed by atoms with Crippen LogP contribution in [0.25, 0.3) is 0 Å². The molecule has 4 nitrogen and oxygen atoms in total. The van der Waals surface area contributed by atoms with E-state index < -0.39 is 0 Å². The molecule has 1 aliphatic rings. The molecule has 1 atom stereocenters. The molecule has 0 saturated carbocycles. The highest BCUT2D eigenvalue weighted by atomic mass is 32.2. The van der Waals surface area contributed by atoms with Crippen molar-refractivity contribution in [3.8, 4) is 0 Å². The molecule has 0 fully saturated rings. The molecule has 0 saturated heterocycles. The quantitative estimate of drug-likeness (QED) is 0.826. The number of benzene rings is 1. The lowest BCUT2D eigenvalue weighted by Crippen LogP contribution is -2.33. The zero-order chi connectivity index (χ0) is 12.1. The summed E-state index contributed by atoms with van der Waals surface area (Å²) < 4.78 is 0. The second kappa shape index (κ2) is 5.84. The molecule has 0 radical (unpaired) electrons. The lowest BCUT2D eigenvalue weighted by molar-refractivity contribution is -0.133. The van der Waals surface area contributed by atoms with Gasteiger partial charge in [0.15, 0.2) is 0 Å². The van der Waals surface area contributed by atoms with Gasteiger partial charge >= 0.3 is 0 Å². The predicted octanol–water partition coefficient (Wildman–Crippen LogP) is 1.62. The first kappa shape index (κ1) is 12.1. The Morgan fingerprint density at radius 3 is 3.00 bits per heavy atom. The van der Waals surface area contributed by atoms with Gasteiger partial charge in [-0.1, -0.05) is 30.3 Å². The van der Waals surface area contributed by atoms with Crippen LogP contribution in [0, 0.1) is 0 Å². The van der Waals surface area contributed by atoms with E-state index in [1.54, 1.807) is 11.8 Å². The van der Waals surface area contributed by atoms with Gasteiger partial charge in [-0.05, 0) is 6.92 Å². The highest BCUT2D eigenvalue weighted by molar-refractivity contribution is 8.14. The summed E-state index contributed by atoms with van der Waals surface area (Å²) in [7, 11) is 0. The van der Waals surface area contributed by atoms with Gasteiger partial charge in [0, 0.05) is 11.3 Å². The summed E-state index contributed by atoms with van der Waals surface area (Å²) in [6.45, 7) is 2.28. The molecule has 17 heavy (non-hydrogen) atoms. The van der Waals surface area contributed by atoms with Gasteiger partial charge < -0.3 is 0 Å². The molecule has 1 heterocycles. The molecule has 1 aromatic rings. The third-order valence-electron chi connectivity index (χ3n) is 2.29. The predicted molar refractivity (Wildman–Crippen MR) is 69.0 cm³/mol. The maximum absolute atomic E-state index is 11.6. The van der Waals surface area contributed by atoms with E-state index in [4.69, 9.17) is 4.84 Å². The van der Waals surface area contributed by atoms with Crippen LogP contribution in [-0.2, 0) is 9.63 Å². The Morgan fingerprint density at radius 2 is 2.29 bits per heavy atom. The van der Waals surface area contributed by atoms with Crippen LogP contribution < -0.4 is 5.48 Å². The summed E-state index contributed by atoms with van der Waals surface area (Å²) in [5.74, 6) is 0.494. The lowest BCUT2D eigenvalue weighted by Gasteiger charge is -2.05. The van der Waals surface area contributed by atoms with E-state index in [0.29, 0.717) is 12.4 Å². The zero-order valence-electron chi connectivity index (χ0n) is 9.55. The summed E-state index contributed by atoms with van der Waals surface area (Å²) in [5, 5.41) is 0.919. The molecule has 0 bridgehead atoms. The summed E-state index contributed by atoms with van der Waals surface area (Å²) >= 11 is 1.60. The van der Waals surface area contributed by atoms with E-state index in [-0.39, 0.29) is 11.9 Å². The van der Waals surface area contributed by atoms with Crippen molar-refractivity contribution in [1.29, 1.82) is 0 Å². The monoisotopic (exact) mass is 250 g/mol. The van der Waals surface area contributed by atoms with Gasteiger partial charge in [0.25, 0.3) is 5.91 Å². The van der Waals surface area contributed by atoms with Crippen molar-refractivity contribution in [3.63, 3.8) is 0 Å². The molecule has 1 aromatic carbocycles. The minimum Gasteiger partial charge on any atom is -0.274 e. The van der Waals surface area contributed by atoms with Gasteiger partial charge in [-0.15, -0.1) is 11.8 Å². The lowest BCUT2D eigenvalue weighted by atomic mass is 10.2. The fourth-order valence-corrected chi connectivity index (χ4v) is 2.50. The number of hydrogen-bond donors (Lipinski definition) is 1. The number of aliphatic imine (C=N–C) groups is 1. The van der Waals surface area contributed by atoms with Gasteiger partial charge in [-0.3, -0.25) is 14.6 Å². The maximum atomic E-state index is 11.6. The number of amides is 1. The maximum Gasteiger partial charge on any atom is 0.269 e. The molecule has 0 spiro atoms. The number of thioether (sulfide) groups is 1. The minimum absolute atomic E-state index is 0.176. The van der Waals surface area contributed by atoms with E-state index in [0.717, 1.165) is 10.6 Å². The van der Waals surface area contributed by atoms with Crippen molar-refractivity contribution in [2.75, 3.05) is 12.4 Å². The van der Waals surface area contributed by atoms with Crippen LogP contribution in [-0.4, -0.2) is 29.4 Å². The first-order valence-corrected chi connectivity index (χ1v) is 6.47. The number of hydrogen-bond acceptors (Lipinski definition) is 4. The number of carbonyl (C=O) groups excluding carboxylic acids is 1. The third-order valence-corrected chi connectivity index (χ3v) is 3.39. The summed E-state index contributed by atoms with van der Waals surface area (Å²) in [4.78, 5) is 20.9. The van der Waals surface area contributed by atoms with E-state index >= 15 is 0 Å². The Bertz CT molecular complexity index is 420. The Balaban J connectivity index is 2.02. The van der Waals surface area contributed by atoms with Gasteiger partial charge in [0.2, 0.25) is 0 Å². The highest BCUT2D eigenvalue weighted by Crippen LogP contribution is 2.23. The number of hydroxylamine groups is 1. The molecule has 1 aliphatic heterocycles. The van der Waals surface area contributed by atoms with Gasteiger partial charge in [-0.2, -0.15) is 0 Å². The van der Waals surface area contributed by atoms with Crippen molar-refractivity contribution < 1.29 is 9.63 Å². The molecule has 5 heteroatoms.